The van der Waals surface area contributed by atoms with E-state index in [9.17, 15) is 8.78 Å². The lowest BCUT2D eigenvalue weighted by molar-refractivity contribution is 0.483. The van der Waals surface area contributed by atoms with Gasteiger partial charge in [0.05, 0.1) is 0 Å². The van der Waals surface area contributed by atoms with Crippen molar-refractivity contribution in [3.8, 4) is 0 Å². The van der Waals surface area contributed by atoms with Crippen LogP contribution in [0, 0.1) is 11.6 Å². The second-order valence-electron chi connectivity index (χ2n) is 4.71. The maximum absolute atomic E-state index is 13.2. The molecule has 3 N–H and O–H groups in total. The minimum absolute atomic E-state index is 0.00743. The molecule has 0 aliphatic rings. The molecule has 0 saturated heterocycles. The fourth-order valence-corrected chi connectivity index (χ4v) is 2.09. The number of nitrogens with two attached hydrogens (primary N) is 1. The van der Waals surface area contributed by atoms with Gasteiger partial charge in [-0.05, 0) is 54.7 Å². The number of nitrogens with one attached hydrogen (secondary N) is 1. The molecule has 2 rings (SSSR count). The Morgan fingerprint density at radius 2 is 1.80 bits per heavy atom. The topological polar surface area (TPSA) is 50.9 Å². The predicted molar refractivity (Wildman–Crippen MR) is 73.7 cm³/mol. The van der Waals surface area contributed by atoms with Crippen molar-refractivity contribution in [3.05, 3.63) is 65.5 Å². The highest BCUT2D eigenvalue weighted by Gasteiger charge is 2.10. The van der Waals surface area contributed by atoms with Crippen molar-refractivity contribution >= 4 is 0 Å². The van der Waals surface area contributed by atoms with Crippen LogP contribution < -0.4 is 11.3 Å². The Morgan fingerprint density at radius 3 is 2.45 bits per heavy atom. The third-order valence-corrected chi connectivity index (χ3v) is 3.23. The van der Waals surface area contributed by atoms with Gasteiger partial charge in [0.25, 0.3) is 0 Å². The van der Waals surface area contributed by atoms with E-state index in [0.717, 1.165) is 24.5 Å². The summed E-state index contributed by atoms with van der Waals surface area (Å²) in [5, 5.41) is 0. The summed E-state index contributed by atoms with van der Waals surface area (Å²) >= 11 is 0. The lowest BCUT2D eigenvalue weighted by atomic mass is 10.00. The van der Waals surface area contributed by atoms with Gasteiger partial charge in [-0.15, -0.1) is 0 Å². The average Bonchev–Trinajstić information content (AvgIpc) is 2.48. The normalized spacial score (nSPS) is 12.3. The first kappa shape index (κ1) is 14.6. The van der Waals surface area contributed by atoms with E-state index < -0.39 is 11.6 Å². The smallest absolute Gasteiger partial charge is 0.159 e. The first-order chi connectivity index (χ1) is 9.69. The summed E-state index contributed by atoms with van der Waals surface area (Å²) in [6.45, 7) is 0. The number of aromatic nitrogens is 1. The standard InChI is InChI=1S/C15H17F2N3/c16-14-4-2-12(10-15(14)17)9-13(20-18)3-1-11-5-7-19-8-6-11/h2,4-8,10,13,20H,1,3,9,18H2. The maximum atomic E-state index is 13.2. The SMILES string of the molecule is NNC(CCc1ccncc1)Cc1ccc(F)c(F)c1. The summed E-state index contributed by atoms with van der Waals surface area (Å²) in [6.07, 6.45) is 5.70. The molecular weight excluding hydrogens is 260 g/mol. The molecule has 3 nitrogen and oxygen atoms in total. The van der Waals surface area contributed by atoms with Gasteiger partial charge in [0.1, 0.15) is 0 Å². The van der Waals surface area contributed by atoms with E-state index in [1.165, 1.54) is 11.6 Å². The number of hydrazine groups is 1. The van der Waals surface area contributed by atoms with Crippen LogP contribution in [0.5, 0.6) is 0 Å². The lowest BCUT2D eigenvalue weighted by Gasteiger charge is -2.16. The van der Waals surface area contributed by atoms with Crippen LogP contribution >= 0.6 is 0 Å². The van der Waals surface area contributed by atoms with E-state index in [1.54, 1.807) is 18.5 Å². The molecule has 0 radical (unpaired) electrons. The van der Waals surface area contributed by atoms with E-state index in [1.807, 2.05) is 12.1 Å². The Bertz CT molecular complexity index is 546. The van der Waals surface area contributed by atoms with E-state index in [2.05, 4.69) is 10.4 Å². The van der Waals surface area contributed by atoms with Gasteiger partial charge in [0, 0.05) is 18.4 Å². The van der Waals surface area contributed by atoms with Gasteiger partial charge in [-0.1, -0.05) is 6.07 Å². The number of benzene rings is 1. The van der Waals surface area contributed by atoms with E-state index in [-0.39, 0.29) is 6.04 Å². The molecule has 2 aromatic rings. The van der Waals surface area contributed by atoms with Gasteiger partial charge < -0.3 is 0 Å². The Labute approximate surface area is 116 Å². The molecule has 1 unspecified atom stereocenters. The van der Waals surface area contributed by atoms with Crippen LogP contribution in [0.3, 0.4) is 0 Å². The number of aryl methyl sites for hydroxylation is 1. The molecule has 0 spiro atoms. The Kier molecular flexibility index (Phi) is 5.15. The van der Waals surface area contributed by atoms with Crippen molar-refractivity contribution in [1.82, 2.24) is 10.4 Å². The van der Waals surface area contributed by atoms with Gasteiger partial charge >= 0.3 is 0 Å². The van der Waals surface area contributed by atoms with Crippen LogP contribution in [0.1, 0.15) is 17.5 Å². The summed E-state index contributed by atoms with van der Waals surface area (Å²) in [5.74, 6) is 3.87. The molecule has 106 valence electrons. The minimum atomic E-state index is -0.831. The van der Waals surface area contributed by atoms with Crippen LogP contribution in [-0.2, 0) is 12.8 Å². The molecule has 1 aromatic carbocycles. The molecular formula is C15H17F2N3. The predicted octanol–water partition coefficient (Wildman–Crippen LogP) is 2.37. The molecule has 0 amide bonds. The van der Waals surface area contributed by atoms with Gasteiger partial charge in [-0.25, -0.2) is 8.78 Å². The zero-order valence-corrected chi connectivity index (χ0v) is 11.0. The Morgan fingerprint density at radius 1 is 1.05 bits per heavy atom. The van der Waals surface area contributed by atoms with Crippen LogP contribution in [0.4, 0.5) is 8.78 Å². The van der Waals surface area contributed by atoms with Gasteiger partial charge in [0.2, 0.25) is 0 Å². The minimum Gasteiger partial charge on any atom is -0.271 e. The first-order valence-corrected chi connectivity index (χ1v) is 6.48. The molecule has 5 heteroatoms. The lowest BCUT2D eigenvalue weighted by Crippen LogP contribution is -2.37. The van der Waals surface area contributed by atoms with E-state index in [0.29, 0.717) is 6.42 Å². The number of rotatable bonds is 6. The van der Waals surface area contributed by atoms with Crippen LogP contribution in [0.15, 0.2) is 42.7 Å². The molecule has 0 saturated carbocycles. The van der Waals surface area contributed by atoms with Crippen LogP contribution in [-0.4, -0.2) is 11.0 Å². The largest absolute Gasteiger partial charge is 0.271 e. The second-order valence-corrected chi connectivity index (χ2v) is 4.71. The zero-order chi connectivity index (χ0) is 14.4. The first-order valence-electron chi connectivity index (χ1n) is 6.48. The molecule has 0 bridgehead atoms. The van der Waals surface area contributed by atoms with Gasteiger partial charge in [-0.2, -0.15) is 0 Å². The van der Waals surface area contributed by atoms with Crippen molar-refractivity contribution in [2.24, 2.45) is 5.84 Å². The van der Waals surface area contributed by atoms with Crippen molar-refractivity contribution in [3.63, 3.8) is 0 Å². The molecule has 1 aromatic heterocycles. The molecule has 0 aliphatic heterocycles. The van der Waals surface area contributed by atoms with Crippen LogP contribution in [0.2, 0.25) is 0 Å². The molecule has 1 heterocycles. The average molecular weight is 277 g/mol. The molecule has 0 aliphatic carbocycles. The Balaban J connectivity index is 1.93. The fraction of sp³-hybridized carbons (Fsp3) is 0.267. The molecule has 20 heavy (non-hydrogen) atoms. The zero-order valence-electron chi connectivity index (χ0n) is 11.0. The number of nitrogens with zero attached hydrogens (tertiary/aromatic N) is 1. The number of halogens is 2. The maximum Gasteiger partial charge on any atom is 0.159 e. The van der Waals surface area contributed by atoms with Crippen molar-refractivity contribution in [2.75, 3.05) is 0 Å². The Hall–Kier alpha value is -1.85. The van der Waals surface area contributed by atoms with E-state index >= 15 is 0 Å². The summed E-state index contributed by atoms with van der Waals surface area (Å²) in [7, 11) is 0. The van der Waals surface area contributed by atoms with Crippen molar-refractivity contribution in [1.29, 1.82) is 0 Å². The highest BCUT2D eigenvalue weighted by molar-refractivity contribution is 5.19. The summed E-state index contributed by atoms with van der Waals surface area (Å²) in [5.41, 5.74) is 4.62. The highest BCUT2D eigenvalue weighted by atomic mass is 19.2. The van der Waals surface area contributed by atoms with Crippen molar-refractivity contribution in [2.45, 2.75) is 25.3 Å². The van der Waals surface area contributed by atoms with Crippen LogP contribution in [0.25, 0.3) is 0 Å². The quantitative estimate of drug-likeness (QED) is 0.629. The van der Waals surface area contributed by atoms with Crippen molar-refractivity contribution < 1.29 is 8.78 Å². The third-order valence-electron chi connectivity index (χ3n) is 3.23. The molecule has 1 atom stereocenters. The number of hydrogen-bond donors (Lipinski definition) is 2. The summed E-state index contributed by atoms with van der Waals surface area (Å²) < 4.78 is 26.0. The summed E-state index contributed by atoms with van der Waals surface area (Å²) in [4.78, 5) is 3.96. The van der Waals surface area contributed by atoms with Gasteiger partial charge in [0.15, 0.2) is 11.6 Å². The molecule has 0 fully saturated rings. The monoisotopic (exact) mass is 277 g/mol. The fourth-order valence-electron chi connectivity index (χ4n) is 2.09. The highest BCUT2D eigenvalue weighted by Crippen LogP contribution is 2.13. The van der Waals surface area contributed by atoms with E-state index in [4.69, 9.17) is 5.84 Å². The number of pyridine rings is 1. The third kappa shape index (κ3) is 4.08. The summed E-state index contributed by atoms with van der Waals surface area (Å²) in [6, 6.07) is 7.84. The number of hydrogen-bond acceptors (Lipinski definition) is 3. The second kappa shape index (κ2) is 7.07. The van der Waals surface area contributed by atoms with Gasteiger partial charge in [-0.3, -0.25) is 16.3 Å².